The first-order valence-corrected chi connectivity index (χ1v) is 5.78. The normalized spacial score (nSPS) is 10.8. The van der Waals surface area contributed by atoms with Gasteiger partial charge in [0.25, 0.3) is 0 Å². The molecule has 0 spiro atoms. The van der Waals surface area contributed by atoms with Crippen molar-refractivity contribution in [3.63, 3.8) is 0 Å². The van der Waals surface area contributed by atoms with Gasteiger partial charge in [0.05, 0.1) is 26.4 Å². The molecular formula is C8H12Br2N2O2. The van der Waals surface area contributed by atoms with Gasteiger partial charge in [0.1, 0.15) is 9.21 Å². The molecule has 0 unspecified atom stereocenters. The molecule has 1 heterocycles. The molecule has 0 fully saturated rings. The minimum absolute atomic E-state index is 0.622. The molecule has 1 rings (SSSR count). The molecule has 1 aromatic rings. The van der Waals surface area contributed by atoms with Crippen LogP contribution in [0.1, 0.15) is 0 Å². The molecule has 14 heavy (non-hydrogen) atoms. The maximum atomic E-state index is 5.32. The fourth-order valence-electron chi connectivity index (χ4n) is 0.917. The molecule has 0 saturated carbocycles. The van der Waals surface area contributed by atoms with Crippen LogP contribution in [-0.2, 0) is 16.0 Å². The van der Waals surface area contributed by atoms with E-state index in [4.69, 9.17) is 9.47 Å². The highest BCUT2D eigenvalue weighted by Crippen LogP contribution is 2.15. The highest BCUT2D eigenvalue weighted by Gasteiger charge is 2.01. The molecule has 0 aliphatic rings. The summed E-state index contributed by atoms with van der Waals surface area (Å²) in [6.07, 6.45) is 0. The first kappa shape index (κ1) is 12.2. The topological polar surface area (TPSA) is 36.3 Å². The summed E-state index contributed by atoms with van der Waals surface area (Å²) in [5.41, 5.74) is 0. The van der Waals surface area contributed by atoms with E-state index in [-0.39, 0.29) is 0 Å². The molecule has 0 aliphatic heterocycles. The van der Waals surface area contributed by atoms with Crippen molar-refractivity contribution in [2.24, 2.45) is 0 Å². The van der Waals surface area contributed by atoms with Gasteiger partial charge in [0, 0.05) is 13.2 Å². The molecule has 0 saturated heterocycles. The fourth-order valence-corrected chi connectivity index (χ4v) is 2.11. The number of hydrogen-bond acceptors (Lipinski definition) is 3. The molecule has 0 N–H and O–H groups in total. The lowest BCUT2D eigenvalue weighted by Gasteiger charge is -2.04. The maximum absolute atomic E-state index is 5.32. The zero-order chi connectivity index (χ0) is 10.4. The van der Waals surface area contributed by atoms with Crippen molar-refractivity contribution in [3.8, 4) is 0 Å². The molecule has 80 valence electrons. The monoisotopic (exact) mass is 326 g/mol. The molecule has 0 radical (unpaired) electrons. The van der Waals surface area contributed by atoms with Crippen LogP contribution in [0.2, 0.25) is 0 Å². The van der Waals surface area contributed by atoms with E-state index in [1.54, 1.807) is 7.11 Å². The number of methoxy groups -OCH3 is 1. The Hall–Kier alpha value is 0.0900. The van der Waals surface area contributed by atoms with Gasteiger partial charge >= 0.3 is 0 Å². The van der Waals surface area contributed by atoms with Crippen LogP contribution in [0.25, 0.3) is 0 Å². The van der Waals surface area contributed by atoms with Gasteiger partial charge in [-0.2, -0.15) is 5.10 Å². The molecule has 0 aliphatic carbocycles. The van der Waals surface area contributed by atoms with E-state index < -0.39 is 0 Å². The Morgan fingerprint density at radius 3 is 2.71 bits per heavy atom. The van der Waals surface area contributed by atoms with Gasteiger partial charge in [-0.25, -0.2) is 0 Å². The third-order valence-corrected chi connectivity index (χ3v) is 2.61. The van der Waals surface area contributed by atoms with Crippen LogP contribution in [0.3, 0.4) is 0 Å². The zero-order valence-electron chi connectivity index (χ0n) is 7.87. The molecule has 0 aromatic carbocycles. The van der Waals surface area contributed by atoms with Crippen LogP contribution in [0.5, 0.6) is 0 Å². The van der Waals surface area contributed by atoms with E-state index in [1.165, 1.54) is 0 Å². The number of aromatic nitrogens is 2. The van der Waals surface area contributed by atoms with Gasteiger partial charge in [-0.1, -0.05) is 0 Å². The second-order valence-electron chi connectivity index (χ2n) is 2.62. The molecule has 0 atom stereocenters. The third-order valence-electron chi connectivity index (χ3n) is 1.58. The van der Waals surface area contributed by atoms with Gasteiger partial charge in [-0.05, 0) is 31.9 Å². The van der Waals surface area contributed by atoms with E-state index in [9.17, 15) is 0 Å². The number of rotatable bonds is 6. The summed E-state index contributed by atoms with van der Waals surface area (Å²) in [6, 6.07) is 1.90. The number of nitrogens with zero attached hydrogens (tertiary/aromatic N) is 2. The Balaban J connectivity index is 2.21. The summed E-state index contributed by atoms with van der Waals surface area (Å²) in [5.74, 6) is 0. The molecule has 0 amide bonds. The van der Waals surface area contributed by atoms with Gasteiger partial charge in [-0.3, -0.25) is 4.68 Å². The maximum Gasteiger partial charge on any atom is 0.129 e. The van der Waals surface area contributed by atoms with Crippen molar-refractivity contribution in [1.82, 2.24) is 9.78 Å². The predicted molar refractivity (Wildman–Crippen MR) is 60.3 cm³/mol. The van der Waals surface area contributed by atoms with Crippen LogP contribution in [0.15, 0.2) is 15.3 Å². The van der Waals surface area contributed by atoms with E-state index >= 15 is 0 Å². The Labute approximate surface area is 99.8 Å². The van der Waals surface area contributed by atoms with E-state index in [1.807, 2.05) is 10.7 Å². The van der Waals surface area contributed by atoms with Crippen LogP contribution >= 0.6 is 31.9 Å². The second-order valence-corrected chi connectivity index (χ2v) is 4.24. The second kappa shape index (κ2) is 6.55. The number of halogens is 2. The van der Waals surface area contributed by atoms with Crippen molar-refractivity contribution in [2.45, 2.75) is 6.54 Å². The van der Waals surface area contributed by atoms with Crippen molar-refractivity contribution < 1.29 is 9.47 Å². The Morgan fingerprint density at radius 2 is 2.14 bits per heavy atom. The molecule has 4 nitrogen and oxygen atoms in total. The van der Waals surface area contributed by atoms with Crippen molar-refractivity contribution in [3.05, 3.63) is 15.3 Å². The SMILES string of the molecule is COCCOCCn1nc(Br)cc1Br. The van der Waals surface area contributed by atoms with Gasteiger partial charge in [0.15, 0.2) is 0 Å². The Bertz CT molecular complexity index is 278. The zero-order valence-corrected chi connectivity index (χ0v) is 11.0. The lowest BCUT2D eigenvalue weighted by atomic mass is 10.6. The lowest BCUT2D eigenvalue weighted by Crippen LogP contribution is -2.10. The fraction of sp³-hybridized carbons (Fsp3) is 0.625. The first-order valence-electron chi connectivity index (χ1n) is 4.19. The highest BCUT2D eigenvalue weighted by atomic mass is 79.9. The quantitative estimate of drug-likeness (QED) is 0.750. The number of hydrogen-bond donors (Lipinski definition) is 0. The molecular weight excluding hydrogens is 316 g/mol. The van der Waals surface area contributed by atoms with Gasteiger partial charge < -0.3 is 9.47 Å². The first-order chi connectivity index (χ1) is 6.74. The summed E-state index contributed by atoms with van der Waals surface area (Å²) in [5, 5.41) is 4.20. The van der Waals surface area contributed by atoms with Crippen LogP contribution in [-0.4, -0.2) is 36.7 Å². The summed E-state index contributed by atoms with van der Waals surface area (Å²) in [6.45, 7) is 2.62. The summed E-state index contributed by atoms with van der Waals surface area (Å²) in [7, 11) is 1.66. The Morgan fingerprint density at radius 1 is 1.36 bits per heavy atom. The van der Waals surface area contributed by atoms with Crippen LogP contribution in [0.4, 0.5) is 0 Å². The van der Waals surface area contributed by atoms with E-state index in [2.05, 4.69) is 37.0 Å². The van der Waals surface area contributed by atoms with E-state index in [0.29, 0.717) is 19.8 Å². The summed E-state index contributed by atoms with van der Waals surface area (Å²) in [4.78, 5) is 0. The molecule has 0 bridgehead atoms. The average molecular weight is 328 g/mol. The summed E-state index contributed by atoms with van der Waals surface area (Å²) < 4.78 is 13.8. The largest absolute Gasteiger partial charge is 0.382 e. The third kappa shape index (κ3) is 4.08. The predicted octanol–water partition coefficient (Wildman–Crippen LogP) is 2.07. The van der Waals surface area contributed by atoms with Crippen molar-refractivity contribution >= 4 is 31.9 Å². The van der Waals surface area contributed by atoms with Gasteiger partial charge in [0.2, 0.25) is 0 Å². The minimum atomic E-state index is 0.622. The minimum Gasteiger partial charge on any atom is -0.382 e. The van der Waals surface area contributed by atoms with Crippen LogP contribution < -0.4 is 0 Å². The van der Waals surface area contributed by atoms with Crippen molar-refractivity contribution in [1.29, 1.82) is 0 Å². The number of ether oxygens (including phenoxy) is 2. The highest BCUT2D eigenvalue weighted by molar-refractivity contribution is 9.11. The standard InChI is InChI=1S/C8H12Br2N2O2/c1-13-4-5-14-3-2-12-8(10)6-7(9)11-12/h6H,2-5H2,1H3. The Kier molecular flexibility index (Phi) is 5.69. The smallest absolute Gasteiger partial charge is 0.129 e. The summed E-state index contributed by atoms with van der Waals surface area (Å²) >= 11 is 6.68. The van der Waals surface area contributed by atoms with Crippen LogP contribution in [0, 0.1) is 0 Å². The van der Waals surface area contributed by atoms with Gasteiger partial charge in [-0.15, -0.1) is 0 Å². The lowest BCUT2D eigenvalue weighted by molar-refractivity contribution is 0.0651. The molecule has 6 heteroatoms. The van der Waals surface area contributed by atoms with E-state index in [0.717, 1.165) is 15.8 Å². The average Bonchev–Trinajstić information content (AvgIpc) is 2.45. The van der Waals surface area contributed by atoms with Crippen molar-refractivity contribution in [2.75, 3.05) is 26.9 Å². The molecule has 1 aromatic heterocycles.